The molecule has 0 unspecified atom stereocenters. The summed E-state index contributed by atoms with van der Waals surface area (Å²) < 4.78 is 12.9. The normalized spacial score (nSPS) is 10.8. The third kappa shape index (κ3) is 3.40. The first kappa shape index (κ1) is 17.6. The molecule has 28 heavy (non-hydrogen) atoms. The van der Waals surface area contributed by atoms with Gasteiger partial charge in [-0.15, -0.1) is 0 Å². The summed E-state index contributed by atoms with van der Waals surface area (Å²) in [7, 11) is 1.60. The van der Waals surface area contributed by atoms with Gasteiger partial charge in [0, 0.05) is 5.56 Å². The first-order valence-corrected chi connectivity index (χ1v) is 8.74. The van der Waals surface area contributed by atoms with E-state index in [0.29, 0.717) is 23.1 Å². The predicted molar refractivity (Wildman–Crippen MR) is 106 cm³/mol. The van der Waals surface area contributed by atoms with Gasteiger partial charge in [-0.25, -0.2) is 4.98 Å². The van der Waals surface area contributed by atoms with Crippen LogP contribution in [0.15, 0.2) is 72.8 Å². The molecule has 140 valence electrons. The van der Waals surface area contributed by atoms with Gasteiger partial charge in [-0.1, -0.05) is 24.3 Å². The van der Waals surface area contributed by atoms with Crippen LogP contribution >= 0.6 is 0 Å². The molecule has 0 saturated carbocycles. The highest BCUT2D eigenvalue weighted by Crippen LogP contribution is 2.32. The van der Waals surface area contributed by atoms with E-state index in [-0.39, 0.29) is 6.54 Å². The zero-order chi connectivity index (χ0) is 19.5. The van der Waals surface area contributed by atoms with Gasteiger partial charge in [0.15, 0.2) is 11.5 Å². The van der Waals surface area contributed by atoms with Crippen LogP contribution in [0.1, 0.15) is 0 Å². The molecule has 0 aliphatic rings. The topological polar surface area (TPSA) is 73.6 Å². The lowest BCUT2D eigenvalue weighted by Crippen LogP contribution is -2.09. The molecule has 1 N–H and O–H groups in total. The van der Waals surface area contributed by atoms with E-state index in [1.807, 2.05) is 72.8 Å². The minimum atomic E-state index is -0.916. The third-order valence-corrected chi connectivity index (χ3v) is 4.36. The summed E-state index contributed by atoms with van der Waals surface area (Å²) in [6.07, 6.45) is 0. The van der Waals surface area contributed by atoms with Crippen LogP contribution in [0.4, 0.5) is 0 Å². The number of aromatic nitrogens is 2. The van der Waals surface area contributed by atoms with Crippen LogP contribution in [0.3, 0.4) is 0 Å². The Morgan fingerprint density at radius 2 is 1.64 bits per heavy atom. The lowest BCUT2D eigenvalue weighted by atomic mass is 10.2. The molecule has 0 saturated heterocycles. The average molecular weight is 374 g/mol. The average Bonchev–Trinajstić information content (AvgIpc) is 3.07. The van der Waals surface area contributed by atoms with Crippen LogP contribution < -0.4 is 9.47 Å². The van der Waals surface area contributed by atoms with Gasteiger partial charge >= 0.3 is 5.97 Å². The molecule has 0 atom stereocenters. The number of carboxylic acid groups (broad SMARTS) is 1. The van der Waals surface area contributed by atoms with E-state index in [9.17, 15) is 9.90 Å². The monoisotopic (exact) mass is 374 g/mol. The molecule has 4 rings (SSSR count). The molecule has 6 heteroatoms. The summed E-state index contributed by atoms with van der Waals surface area (Å²) in [5.74, 6) is 1.60. The van der Waals surface area contributed by atoms with Gasteiger partial charge in [0.2, 0.25) is 0 Å². The molecule has 0 radical (unpaired) electrons. The molecule has 0 amide bonds. The van der Waals surface area contributed by atoms with E-state index in [4.69, 9.17) is 9.47 Å². The maximum atomic E-state index is 11.3. The quantitative estimate of drug-likeness (QED) is 0.534. The molecule has 0 fully saturated rings. The van der Waals surface area contributed by atoms with E-state index in [1.165, 1.54) is 0 Å². The standard InChI is InChI=1S/C22H18N2O4/c1-27-19-8-4-5-9-20(19)28-16-12-10-15(11-13-16)22-23-17-6-2-3-7-18(17)24(22)14-21(25)26/h2-13H,14H2,1H3,(H,25,26). The third-order valence-electron chi connectivity index (χ3n) is 4.36. The van der Waals surface area contributed by atoms with Gasteiger partial charge in [0.25, 0.3) is 0 Å². The Balaban J connectivity index is 1.68. The number of rotatable bonds is 6. The number of nitrogens with zero attached hydrogens (tertiary/aromatic N) is 2. The summed E-state index contributed by atoms with van der Waals surface area (Å²) in [4.78, 5) is 15.9. The lowest BCUT2D eigenvalue weighted by Gasteiger charge is -2.11. The first-order chi connectivity index (χ1) is 13.7. The minimum Gasteiger partial charge on any atom is -0.493 e. The Bertz CT molecular complexity index is 1130. The minimum absolute atomic E-state index is 0.157. The number of carboxylic acids is 1. The second-order valence-electron chi connectivity index (χ2n) is 6.18. The van der Waals surface area contributed by atoms with Crippen LogP contribution in [0, 0.1) is 0 Å². The zero-order valence-corrected chi connectivity index (χ0v) is 15.2. The Morgan fingerprint density at radius 1 is 0.964 bits per heavy atom. The van der Waals surface area contributed by atoms with Crippen LogP contribution in [-0.2, 0) is 11.3 Å². The van der Waals surface area contributed by atoms with Crippen molar-refractivity contribution in [2.45, 2.75) is 6.54 Å². The fraction of sp³-hybridized carbons (Fsp3) is 0.0909. The molecule has 0 spiro atoms. The Labute approximate surface area is 161 Å². The van der Waals surface area contributed by atoms with Crippen LogP contribution in [0.5, 0.6) is 17.2 Å². The van der Waals surface area contributed by atoms with Gasteiger partial charge in [-0.05, 0) is 48.5 Å². The molecular weight excluding hydrogens is 356 g/mol. The Hall–Kier alpha value is -3.80. The summed E-state index contributed by atoms with van der Waals surface area (Å²) in [5.41, 5.74) is 2.35. The zero-order valence-electron chi connectivity index (χ0n) is 15.2. The van der Waals surface area contributed by atoms with Crippen molar-refractivity contribution in [1.82, 2.24) is 9.55 Å². The van der Waals surface area contributed by atoms with Crippen molar-refractivity contribution in [3.8, 4) is 28.6 Å². The number of ether oxygens (including phenoxy) is 2. The number of hydrogen-bond donors (Lipinski definition) is 1. The predicted octanol–water partition coefficient (Wildman–Crippen LogP) is 4.59. The second-order valence-corrected chi connectivity index (χ2v) is 6.18. The van der Waals surface area contributed by atoms with E-state index in [0.717, 1.165) is 16.6 Å². The summed E-state index contributed by atoms with van der Waals surface area (Å²) >= 11 is 0. The first-order valence-electron chi connectivity index (χ1n) is 8.74. The lowest BCUT2D eigenvalue weighted by molar-refractivity contribution is -0.137. The van der Waals surface area contributed by atoms with Crippen LogP contribution in [0.25, 0.3) is 22.4 Å². The summed E-state index contributed by atoms with van der Waals surface area (Å²) in [6.45, 7) is -0.157. The number of hydrogen-bond acceptors (Lipinski definition) is 4. The molecule has 6 nitrogen and oxygen atoms in total. The fourth-order valence-electron chi connectivity index (χ4n) is 3.09. The van der Waals surface area contributed by atoms with E-state index < -0.39 is 5.97 Å². The van der Waals surface area contributed by atoms with Crippen molar-refractivity contribution in [3.05, 3.63) is 72.8 Å². The van der Waals surface area contributed by atoms with E-state index in [1.54, 1.807) is 11.7 Å². The molecule has 0 bridgehead atoms. The summed E-state index contributed by atoms with van der Waals surface area (Å²) in [6, 6.07) is 22.3. The number of imidazole rings is 1. The number of para-hydroxylation sites is 4. The van der Waals surface area contributed by atoms with Gasteiger partial charge in [-0.3, -0.25) is 4.79 Å². The number of benzene rings is 3. The number of fused-ring (bicyclic) bond motifs is 1. The van der Waals surface area contributed by atoms with Gasteiger partial charge < -0.3 is 19.1 Å². The number of carbonyl (C=O) groups is 1. The highest BCUT2D eigenvalue weighted by molar-refractivity contribution is 5.82. The van der Waals surface area contributed by atoms with Crippen molar-refractivity contribution in [1.29, 1.82) is 0 Å². The molecule has 0 aliphatic carbocycles. The highest BCUT2D eigenvalue weighted by Gasteiger charge is 2.15. The molecule has 4 aromatic rings. The largest absolute Gasteiger partial charge is 0.493 e. The van der Waals surface area contributed by atoms with Gasteiger partial charge in [-0.2, -0.15) is 0 Å². The van der Waals surface area contributed by atoms with Gasteiger partial charge in [0.05, 0.1) is 18.1 Å². The smallest absolute Gasteiger partial charge is 0.323 e. The maximum Gasteiger partial charge on any atom is 0.323 e. The van der Waals surface area contributed by atoms with Crippen molar-refractivity contribution in [2.75, 3.05) is 7.11 Å². The van der Waals surface area contributed by atoms with E-state index >= 15 is 0 Å². The Morgan fingerprint density at radius 3 is 2.36 bits per heavy atom. The fourth-order valence-corrected chi connectivity index (χ4v) is 3.09. The number of methoxy groups -OCH3 is 1. The molecule has 1 heterocycles. The molecule has 0 aliphatic heterocycles. The second kappa shape index (κ2) is 7.44. The van der Waals surface area contributed by atoms with Crippen molar-refractivity contribution >= 4 is 17.0 Å². The summed E-state index contributed by atoms with van der Waals surface area (Å²) in [5, 5.41) is 9.29. The number of aliphatic carboxylic acids is 1. The molecule has 1 aromatic heterocycles. The van der Waals surface area contributed by atoms with Crippen molar-refractivity contribution in [3.63, 3.8) is 0 Å². The van der Waals surface area contributed by atoms with E-state index in [2.05, 4.69) is 4.98 Å². The maximum absolute atomic E-state index is 11.3. The highest BCUT2D eigenvalue weighted by atomic mass is 16.5. The van der Waals surface area contributed by atoms with Crippen molar-refractivity contribution in [2.24, 2.45) is 0 Å². The molecular formula is C22H18N2O4. The van der Waals surface area contributed by atoms with Crippen LogP contribution in [-0.4, -0.2) is 27.7 Å². The van der Waals surface area contributed by atoms with Gasteiger partial charge in [0.1, 0.15) is 18.1 Å². The van der Waals surface area contributed by atoms with Crippen molar-refractivity contribution < 1.29 is 19.4 Å². The molecule has 3 aromatic carbocycles. The SMILES string of the molecule is COc1ccccc1Oc1ccc(-c2nc3ccccc3n2CC(=O)O)cc1. The Kier molecular flexibility index (Phi) is 4.68. The van der Waals surface area contributed by atoms with Crippen LogP contribution in [0.2, 0.25) is 0 Å².